The van der Waals surface area contributed by atoms with E-state index < -0.39 is 0 Å². The number of aryl methyl sites for hydroxylation is 1. The van der Waals surface area contributed by atoms with Crippen LogP contribution >= 0.6 is 0 Å². The number of anilines is 1. The highest BCUT2D eigenvalue weighted by atomic mass is 19.1. The zero-order chi connectivity index (χ0) is 14.2. The fourth-order valence-corrected chi connectivity index (χ4v) is 1.71. The Kier molecular flexibility index (Phi) is 3.27. The second-order valence-electron chi connectivity index (χ2n) is 5.72. The largest absolute Gasteiger partial charge is 0.384 e. The molecule has 2 aromatic rings. The van der Waals surface area contributed by atoms with Gasteiger partial charge in [-0.3, -0.25) is 0 Å². The van der Waals surface area contributed by atoms with Crippen LogP contribution in [0, 0.1) is 12.7 Å². The Morgan fingerprint density at radius 2 is 1.79 bits per heavy atom. The van der Waals surface area contributed by atoms with Crippen molar-refractivity contribution in [2.45, 2.75) is 33.1 Å². The van der Waals surface area contributed by atoms with Gasteiger partial charge in [0.25, 0.3) is 0 Å². The van der Waals surface area contributed by atoms with Crippen molar-refractivity contribution in [2.75, 3.05) is 5.73 Å². The summed E-state index contributed by atoms with van der Waals surface area (Å²) in [7, 11) is 0. The molecule has 0 saturated heterocycles. The van der Waals surface area contributed by atoms with Crippen LogP contribution in [0.4, 0.5) is 10.2 Å². The van der Waals surface area contributed by atoms with Gasteiger partial charge < -0.3 is 5.73 Å². The van der Waals surface area contributed by atoms with Crippen molar-refractivity contribution in [3.8, 4) is 11.4 Å². The minimum Gasteiger partial charge on any atom is -0.384 e. The van der Waals surface area contributed by atoms with Gasteiger partial charge in [-0.25, -0.2) is 14.4 Å². The third-order valence-corrected chi connectivity index (χ3v) is 2.94. The molecule has 3 nitrogen and oxygen atoms in total. The van der Waals surface area contributed by atoms with Crippen LogP contribution in [0.3, 0.4) is 0 Å². The van der Waals surface area contributed by atoms with Crippen LogP contribution in [-0.4, -0.2) is 9.97 Å². The van der Waals surface area contributed by atoms with E-state index in [2.05, 4.69) is 9.97 Å². The summed E-state index contributed by atoms with van der Waals surface area (Å²) >= 11 is 0. The quantitative estimate of drug-likeness (QED) is 0.853. The Morgan fingerprint density at radius 3 is 2.37 bits per heavy atom. The lowest BCUT2D eigenvalue weighted by Gasteiger charge is -2.18. The molecule has 0 fully saturated rings. The maximum Gasteiger partial charge on any atom is 0.161 e. The maximum atomic E-state index is 13.6. The summed E-state index contributed by atoms with van der Waals surface area (Å²) in [6.45, 7) is 7.87. The van der Waals surface area contributed by atoms with Crippen molar-refractivity contribution in [1.29, 1.82) is 0 Å². The Hall–Kier alpha value is -1.97. The summed E-state index contributed by atoms with van der Waals surface area (Å²) in [5, 5.41) is 0. The summed E-state index contributed by atoms with van der Waals surface area (Å²) in [6, 6.07) is 6.72. The number of nitrogens with two attached hydrogens (primary N) is 1. The lowest BCUT2D eigenvalue weighted by atomic mass is 9.92. The molecule has 0 aliphatic carbocycles. The second kappa shape index (κ2) is 4.61. The van der Waals surface area contributed by atoms with E-state index in [9.17, 15) is 4.39 Å². The van der Waals surface area contributed by atoms with Crippen LogP contribution < -0.4 is 5.73 Å². The Bertz CT molecular complexity index is 615. The first kappa shape index (κ1) is 13.5. The van der Waals surface area contributed by atoms with Crippen molar-refractivity contribution in [2.24, 2.45) is 0 Å². The number of nitrogens with zero attached hydrogens (tertiary/aromatic N) is 2. The maximum absolute atomic E-state index is 13.6. The fourth-order valence-electron chi connectivity index (χ4n) is 1.71. The highest BCUT2D eigenvalue weighted by molar-refractivity contribution is 5.58. The molecule has 0 bridgehead atoms. The average Bonchev–Trinajstić information content (AvgIpc) is 2.31. The van der Waals surface area contributed by atoms with Gasteiger partial charge in [-0.05, 0) is 18.6 Å². The summed E-state index contributed by atoms with van der Waals surface area (Å²) in [4.78, 5) is 8.68. The molecule has 0 saturated carbocycles. The number of nitrogen functional groups attached to an aromatic ring is 1. The fraction of sp³-hybridized carbons (Fsp3) is 0.333. The molecule has 0 radical (unpaired) electrons. The van der Waals surface area contributed by atoms with Crippen LogP contribution in [0.1, 0.15) is 32.0 Å². The smallest absolute Gasteiger partial charge is 0.161 e. The summed E-state index contributed by atoms with van der Waals surface area (Å²) in [6.07, 6.45) is 0. The molecular formula is C15H18FN3. The van der Waals surface area contributed by atoms with Gasteiger partial charge in [-0.1, -0.05) is 32.9 Å². The van der Waals surface area contributed by atoms with E-state index in [0.717, 1.165) is 5.69 Å². The van der Waals surface area contributed by atoms with E-state index in [1.807, 2.05) is 20.8 Å². The van der Waals surface area contributed by atoms with Gasteiger partial charge in [0.2, 0.25) is 0 Å². The average molecular weight is 259 g/mol. The SMILES string of the molecule is Cc1ccc(-c2nc(N)cc(C(C)(C)C)n2)cc1F. The molecule has 0 amide bonds. The lowest BCUT2D eigenvalue weighted by Crippen LogP contribution is -2.15. The second-order valence-corrected chi connectivity index (χ2v) is 5.72. The van der Waals surface area contributed by atoms with Crippen LogP contribution in [0.25, 0.3) is 11.4 Å². The van der Waals surface area contributed by atoms with Crippen molar-refractivity contribution in [3.63, 3.8) is 0 Å². The molecule has 0 atom stereocenters. The first-order chi connectivity index (χ1) is 8.77. The predicted octanol–water partition coefficient (Wildman–Crippen LogP) is 3.47. The van der Waals surface area contributed by atoms with Gasteiger partial charge in [-0.2, -0.15) is 0 Å². The van der Waals surface area contributed by atoms with Crippen LogP contribution in [0.5, 0.6) is 0 Å². The zero-order valence-corrected chi connectivity index (χ0v) is 11.7. The Balaban J connectivity index is 2.56. The van der Waals surface area contributed by atoms with Gasteiger partial charge in [0.15, 0.2) is 5.82 Å². The molecule has 0 unspecified atom stereocenters. The monoisotopic (exact) mass is 259 g/mol. The lowest BCUT2D eigenvalue weighted by molar-refractivity contribution is 0.568. The van der Waals surface area contributed by atoms with Gasteiger partial charge in [-0.15, -0.1) is 0 Å². The highest BCUT2D eigenvalue weighted by Crippen LogP contribution is 2.25. The highest BCUT2D eigenvalue weighted by Gasteiger charge is 2.18. The molecule has 2 N–H and O–H groups in total. The summed E-state index contributed by atoms with van der Waals surface area (Å²) in [5.74, 6) is 0.598. The summed E-state index contributed by atoms with van der Waals surface area (Å²) in [5.41, 5.74) is 7.77. The number of hydrogen-bond donors (Lipinski definition) is 1. The van der Waals surface area contributed by atoms with E-state index >= 15 is 0 Å². The van der Waals surface area contributed by atoms with E-state index in [4.69, 9.17) is 5.73 Å². The van der Waals surface area contributed by atoms with Crippen molar-refractivity contribution in [1.82, 2.24) is 9.97 Å². The molecule has 1 heterocycles. The normalized spacial score (nSPS) is 11.6. The van der Waals surface area contributed by atoms with E-state index in [0.29, 0.717) is 22.8 Å². The van der Waals surface area contributed by atoms with Crippen LogP contribution in [0.15, 0.2) is 24.3 Å². The molecule has 0 spiro atoms. The Labute approximate surface area is 112 Å². The van der Waals surface area contributed by atoms with Gasteiger partial charge in [0.05, 0.1) is 5.69 Å². The Morgan fingerprint density at radius 1 is 1.11 bits per heavy atom. The van der Waals surface area contributed by atoms with Gasteiger partial charge >= 0.3 is 0 Å². The van der Waals surface area contributed by atoms with Gasteiger partial charge in [0, 0.05) is 17.0 Å². The molecule has 100 valence electrons. The molecule has 4 heteroatoms. The van der Waals surface area contributed by atoms with E-state index in [-0.39, 0.29) is 11.2 Å². The first-order valence-electron chi connectivity index (χ1n) is 6.19. The van der Waals surface area contributed by atoms with Crippen LogP contribution in [-0.2, 0) is 5.41 Å². The third-order valence-electron chi connectivity index (χ3n) is 2.94. The number of rotatable bonds is 1. The number of benzene rings is 1. The molecule has 19 heavy (non-hydrogen) atoms. The minimum atomic E-state index is -0.263. The van der Waals surface area contributed by atoms with Crippen molar-refractivity contribution < 1.29 is 4.39 Å². The summed E-state index contributed by atoms with van der Waals surface area (Å²) < 4.78 is 13.6. The van der Waals surface area contributed by atoms with Crippen molar-refractivity contribution >= 4 is 5.82 Å². The molecule has 1 aromatic heterocycles. The van der Waals surface area contributed by atoms with Gasteiger partial charge in [0.1, 0.15) is 11.6 Å². The number of halogens is 1. The molecular weight excluding hydrogens is 241 g/mol. The topological polar surface area (TPSA) is 51.8 Å². The number of hydrogen-bond acceptors (Lipinski definition) is 3. The first-order valence-corrected chi connectivity index (χ1v) is 6.19. The van der Waals surface area contributed by atoms with E-state index in [1.165, 1.54) is 6.07 Å². The third kappa shape index (κ3) is 2.89. The molecule has 2 rings (SSSR count). The zero-order valence-electron chi connectivity index (χ0n) is 11.7. The molecule has 0 aliphatic rings. The predicted molar refractivity (Wildman–Crippen MR) is 75.3 cm³/mol. The van der Waals surface area contributed by atoms with Crippen molar-refractivity contribution in [3.05, 3.63) is 41.3 Å². The van der Waals surface area contributed by atoms with Crippen LogP contribution in [0.2, 0.25) is 0 Å². The molecule has 0 aliphatic heterocycles. The van der Waals surface area contributed by atoms with E-state index in [1.54, 1.807) is 25.1 Å². The standard InChI is InChI=1S/C15H18FN3/c1-9-5-6-10(7-11(9)16)14-18-12(15(2,3)4)8-13(17)19-14/h5-8H,1-4H3,(H2,17,18,19). The molecule has 1 aromatic carbocycles. The number of aromatic nitrogens is 2. The minimum absolute atomic E-state index is 0.130.